The summed E-state index contributed by atoms with van der Waals surface area (Å²) in [4.78, 5) is 17.5. The fraction of sp³-hybridized carbons (Fsp3) is 0. The summed E-state index contributed by atoms with van der Waals surface area (Å²) in [6.07, 6.45) is 0. The Kier molecular flexibility index (Phi) is 3.92. The molecule has 2 heterocycles. The lowest BCUT2D eigenvalue weighted by atomic mass is 10.3. The predicted octanol–water partition coefficient (Wildman–Crippen LogP) is 4.48. The lowest BCUT2D eigenvalue weighted by molar-refractivity contribution is 0.102. The van der Waals surface area contributed by atoms with Crippen LogP contribution in [-0.4, -0.2) is 16.0 Å². The summed E-state index contributed by atoms with van der Waals surface area (Å²) < 4.78 is 0. The van der Waals surface area contributed by atoms with E-state index in [1.54, 1.807) is 22.8 Å². The van der Waals surface area contributed by atoms with Gasteiger partial charge in [0, 0.05) is 10.4 Å². The first-order valence-electron chi connectivity index (χ1n) is 5.93. The van der Waals surface area contributed by atoms with Gasteiger partial charge in [0.1, 0.15) is 16.5 Å². The summed E-state index contributed by atoms with van der Waals surface area (Å²) in [6, 6.07) is 8.35. The molecular weight excluding hydrogens is 328 g/mol. The number of aromatic hydroxyl groups is 1. The zero-order chi connectivity index (χ0) is 14.8. The van der Waals surface area contributed by atoms with Crippen LogP contribution >= 0.6 is 34.3 Å². The van der Waals surface area contributed by atoms with Crippen molar-refractivity contribution in [1.29, 1.82) is 0 Å². The van der Waals surface area contributed by atoms with E-state index < -0.39 is 0 Å². The summed E-state index contributed by atoms with van der Waals surface area (Å²) in [5, 5.41) is 17.2. The molecule has 0 aliphatic carbocycles. The molecule has 0 saturated carbocycles. The molecule has 106 valence electrons. The third-order valence-electron chi connectivity index (χ3n) is 2.68. The van der Waals surface area contributed by atoms with Gasteiger partial charge >= 0.3 is 0 Å². The second kappa shape index (κ2) is 5.85. The molecule has 2 N–H and O–H groups in total. The van der Waals surface area contributed by atoms with Crippen molar-refractivity contribution in [2.45, 2.75) is 0 Å². The van der Waals surface area contributed by atoms with Crippen molar-refractivity contribution >= 4 is 45.9 Å². The largest absolute Gasteiger partial charge is 0.506 e. The van der Waals surface area contributed by atoms with E-state index in [0.29, 0.717) is 10.7 Å². The Hall–Kier alpha value is -1.89. The third-order valence-corrected chi connectivity index (χ3v) is 4.79. The zero-order valence-electron chi connectivity index (χ0n) is 10.5. The minimum atomic E-state index is -0.383. The van der Waals surface area contributed by atoms with Gasteiger partial charge in [-0.25, -0.2) is 4.98 Å². The van der Waals surface area contributed by atoms with Crippen LogP contribution in [0.5, 0.6) is 5.75 Å². The van der Waals surface area contributed by atoms with E-state index in [2.05, 4.69) is 10.3 Å². The Morgan fingerprint density at radius 1 is 1.29 bits per heavy atom. The highest BCUT2D eigenvalue weighted by molar-refractivity contribution is 7.20. The highest BCUT2D eigenvalue weighted by atomic mass is 35.5. The molecule has 0 aliphatic heterocycles. The Morgan fingerprint density at radius 2 is 2.14 bits per heavy atom. The quantitative estimate of drug-likeness (QED) is 0.693. The molecule has 0 fully saturated rings. The van der Waals surface area contributed by atoms with Crippen molar-refractivity contribution in [2.24, 2.45) is 0 Å². The van der Waals surface area contributed by atoms with Gasteiger partial charge in [-0.2, -0.15) is 0 Å². The molecule has 0 bridgehead atoms. The van der Waals surface area contributed by atoms with Gasteiger partial charge < -0.3 is 10.4 Å². The smallest absolute Gasteiger partial charge is 0.275 e. The number of thiophene rings is 1. The van der Waals surface area contributed by atoms with Crippen LogP contribution in [0.2, 0.25) is 5.02 Å². The zero-order valence-corrected chi connectivity index (χ0v) is 12.9. The minimum absolute atomic E-state index is 0.0403. The van der Waals surface area contributed by atoms with Crippen molar-refractivity contribution in [3.63, 3.8) is 0 Å². The van der Waals surface area contributed by atoms with Crippen LogP contribution < -0.4 is 5.32 Å². The molecule has 0 spiro atoms. The van der Waals surface area contributed by atoms with Crippen molar-refractivity contribution in [3.05, 3.63) is 51.8 Å². The topological polar surface area (TPSA) is 62.2 Å². The van der Waals surface area contributed by atoms with E-state index >= 15 is 0 Å². The second-order valence-corrected chi connectivity index (χ2v) is 6.37. The average molecular weight is 337 g/mol. The van der Waals surface area contributed by atoms with E-state index in [1.165, 1.54) is 23.5 Å². The lowest BCUT2D eigenvalue weighted by Crippen LogP contribution is -2.12. The van der Waals surface area contributed by atoms with Crippen LogP contribution in [-0.2, 0) is 0 Å². The average Bonchev–Trinajstić information content (AvgIpc) is 3.12. The normalized spacial score (nSPS) is 10.5. The van der Waals surface area contributed by atoms with Crippen LogP contribution in [0.1, 0.15) is 10.5 Å². The van der Waals surface area contributed by atoms with Gasteiger partial charge in [0.15, 0.2) is 0 Å². The fourth-order valence-electron chi connectivity index (χ4n) is 1.69. The number of amides is 1. The number of rotatable bonds is 3. The molecule has 1 aromatic carbocycles. The first-order chi connectivity index (χ1) is 10.1. The molecular formula is C14H9ClN2O2S2. The van der Waals surface area contributed by atoms with Gasteiger partial charge in [0.25, 0.3) is 5.91 Å². The van der Waals surface area contributed by atoms with Gasteiger partial charge in [-0.05, 0) is 29.6 Å². The van der Waals surface area contributed by atoms with Crippen LogP contribution in [0.4, 0.5) is 5.69 Å². The molecule has 0 aliphatic rings. The molecule has 21 heavy (non-hydrogen) atoms. The lowest BCUT2D eigenvalue weighted by Gasteiger charge is -2.05. The number of thiazole rings is 1. The molecule has 0 unspecified atom stereocenters. The molecule has 7 heteroatoms. The minimum Gasteiger partial charge on any atom is -0.506 e. The fourth-order valence-corrected chi connectivity index (χ4v) is 3.47. The number of hydrogen-bond acceptors (Lipinski definition) is 5. The second-order valence-electron chi connectivity index (χ2n) is 4.13. The van der Waals surface area contributed by atoms with Crippen LogP contribution in [0, 0.1) is 0 Å². The highest BCUT2D eigenvalue weighted by Gasteiger charge is 2.14. The van der Waals surface area contributed by atoms with Crippen molar-refractivity contribution < 1.29 is 9.90 Å². The maximum Gasteiger partial charge on any atom is 0.275 e. The standard InChI is InChI=1S/C14H9ClN2O2S2/c15-8-3-4-11(18)9(6-8)16-13(19)10-7-21-14(17-10)12-2-1-5-20-12/h1-7,18H,(H,16,19). The molecule has 1 amide bonds. The van der Waals surface area contributed by atoms with Gasteiger partial charge in [0.05, 0.1) is 10.6 Å². The van der Waals surface area contributed by atoms with Gasteiger partial charge in [0.2, 0.25) is 0 Å². The first kappa shape index (κ1) is 14.1. The number of anilines is 1. The van der Waals surface area contributed by atoms with Gasteiger partial charge in [-0.15, -0.1) is 22.7 Å². The van der Waals surface area contributed by atoms with Crippen LogP contribution in [0.15, 0.2) is 41.1 Å². The molecule has 0 saturated heterocycles. The number of carbonyl (C=O) groups is 1. The summed E-state index contributed by atoms with van der Waals surface area (Å²) >= 11 is 8.81. The Bertz CT molecular complexity index is 784. The number of hydrogen-bond donors (Lipinski definition) is 2. The number of aromatic nitrogens is 1. The third kappa shape index (κ3) is 3.07. The Morgan fingerprint density at radius 3 is 2.90 bits per heavy atom. The SMILES string of the molecule is O=C(Nc1cc(Cl)ccc1O)c1csc(-c2cccs2)n1. The Labute approximate surface area is 133 Å². The van der Waals surface area contributed by atoms with Crippen molar-refractivity contribution in [2.75, 3.05) is 5.32 Å². The van der Waals surface area contributed by atoms with E-state index in [1.807, 2.05) is 17.5 Å². The Balaban J connectivity index is 1.81. The first-order valence-corrected chi connectivity index (χ1v) is 8.06. The van der Waals surface area contributed by atoms with Crippen LogP contribution in [0.25, 0.3) is 9.88 Å². The summed E-state index contributed by atoms with van der Waals surface area (Å²) in [5.41, 5.74) is 0.570. The molecule has 0 radical (unpaired) electrons. The summed E-state index contributed by atoms with van der Waals surface area (Å²) in [7, 11) is 0. The molecule has 0 atom stereocenters. The monoisotopic (exact) mass is 336 g/mol. The van der Waals surface area contributed by atoms with E-state index in [9.17, 15) is 9.90 Å². The van der Waals surface area contributed by atoms with Crippen LogP contribution in [0.3, 0.4) is 0 Å². The number of phenolic OH excluding ortho intramolecular Hbond substituents is 1. The van der Waals surface area contributed by atoms with E-state index in [-0.39, 0.29) is 17.3 Å². The number of halogens is 1. The molecule has 4 nitrogen and oxygen atoms in total. The molecule has 3 aromatic rings. The van der Waals surface area contributed by atoms with E-state index in [4.69, 9.17) is 11.6 Å². The maximum atomic E-state index is 12.1. The number of benzene rings is 1. The predicted molar refractivity (Wildman–Crippen MR) is 86.5 cm³/mol. The van der Waals surface area contributed by atoms with E-state index in [0.717, 1.165) is 9.88 Å². The maximum absolute atomic E-state index is 12.1. The number of phenols is 1. The molecule has 2 aromatic heterocycles. The van der Waals surface area contributed by atoms with Gasteiger partial charge in [-0.1, -0.05) is 17.7 Å². The summed E-state index contributed by atoms with van der Waals surface area (Å²) in [6.45, 7) is 0. The number of nitrogens with zero attached hydrogens (tertiary/aromatic N) is 1. The number of carbonyl (C=O) groups excluding carboxylic acids is 1. The van der Waals surface area contributed by atoms with Gasteiger partial charge in [-0.3, -0.25) is 4.79 Å². The molecule has 3 rings (SSSR count). The highest BCUT2D eigenvalue weighted by Crippen LogP contribution is 2.29. The number of nitrogens with one attached hydrogen (secondary N) is 1. The van der Waals surface area contributed by atoms with Crippen molar-refractivity contribution in [3.8, 4) is 15.6 Å². The summed E-state index contributed by atoms with van der Waals surface area (Å²) in [5.74, 6) is -0.423. The van der Waals surface area contributed by atoms with Crippen molar-refractivity contribution in [1.82, 2.24) is 4.98 Å².